The number of phenolic OH excluding ortho intramolecular Hbond substituents is 1. The minimum Gasteiger partial charge on any atom is -0.508 e. The first-order valence-electron chi connectivity index (χ1n) is 4.31. The molecule has 0 heterocycles. The van der Waals surface area contributed by atoms with Gasteiger partial charge in [-0.1, -0.05) is 12.1 Å². The first-order chi connectivity index (χ1) is 5.83. The Kier molecular flexibility index (Phi) is 1.77. The fraction of sp³-hybridized carbons (Fsp3) is 0.400. The molecule has 2 rings (SSSR count). The van der Waals surface area contributed by atoms with Gasteiger partial charge in [-0.2, -0.15) is 0 Å². The smallest absolute Gasteiger partial charge is 0.119 e. The number of hydrogen-bond acceptors (Lipinski definition) is 2. The van der Waals surface area contributed by atoms with Crippen LogP contribution in [0.4, 0.5) is 0 Å². The molecule has 0 saturated carbocycles. The average molecular weight is 163 g/mol. The summed E-state index contributed by atoms with van der Waals surface area (Å²) in [6.07, 6.45) is 2.09. The van der Waals surface area contributed by atoms with Crippen molar-refractivity contribution in [1.29, 1.82) is 0 Å². The van der Waals surface area contributed by atoms with Gasteiger partial charge in [-0.05, 0) is 37.1 Å². The summed E-state index contributed by atoms with van der Waals surface area (Å²) in [6, 6.07) is 6.19. The Hall–Kier alpha value is -1.02. The lowest BCUT2D eigenvalue weighted by Crippen LogP contribution is -2.12. The van der Waals surface area contributed by atoms with Crippen LogP contribution in [0, 0.1) is 0 Å². The number of nitrogens with one attached hydrogen (secondary N) is 1. The van der Waals surface area contributed by atoms with Gasteiger partial charge in [0.05, 0.1) is 0 Å². The molecule has 1 atom stereocenters. The molecule has 1 aromatic rings. The maximum Gasteiger partial charge on any atom is 0.119 e. The minimum atomic E-state index is 0.437. The van der Waals surface area contributed by atoms with E-state index in [9.17, 15) is 5.11 Å². The van der Waals surface area contributed by atoms with Crippen LogP contribution >= 0.6 is 0 Å². The van der Waals surface area contributed by atoms with E-state index in [1.807, 2.05) is 13.1 Å². The van der Waals surface area contributed by atoms with Gasteiger partial charge in [-0.25, -0.2) is 0 Å². The summed E-state index contributed by atoms with van der Waals surface area (Å²) in [5, 5.41) is 12.8. The highest BCUT2D eigenvalue weighted by atomic mass is 16.3. The van der Waals surface area contributed by atoms with Crippen LogP contribution in [0.5, 0.6) is 5.75 Å². The molecule has 2 nitrogen and oxygen atoms in total. The zero-order valence-electron chi connectivity index (χ0n) is 7.17. The monoisotopic (exact) mass is 163 g/mol. The maximum absolute atomic E-state index is 9.52. The Bertz CT molecular complexity index is 296. The Morgan fingerprint density at radius 3 is 3.08 bits per heavy atom. The van der Waals surface area contributed by atoms with Crippen LogP contribution in [0.2, 0.25) is 0 Å². The van der Waals surface area contributed by atoms with Crippen molar-refractivity contribution in [2.75, 3.05) is 7.05 Å². The summed E-state index contributed by atoms with van der Waals surface area (Å²) in [5.74, 6) is 0.449. The molecule has 0 spiro atoms. The molecule has 64 valence electrons. The predicted octanol–water partition coefficient (Wildman–Crippen LogP) is 1.60. The molecular formula is C10H13NO. The van der Waals surface area contributed by atoms with E-state index in [-0.39, 0.29) is 0 Å². The van der Waals surface area contributed by atoms with E-state index in [0.29, 0.717) is 11.8 Å². The van der Waals surface area contributed by atoms with Crippen molar-refractivity contribution in [1.82, 2.24) is 5.32 Å². The standard InChI is InChI=1S/C10H13NO/c1-11-9-6-5-8-7(9)3-2-4-10(8)12/h2-4,9,11-12H,5-6H2,1H3. The highest BCUT2D eigenvalue weighted by molar-refractivity contribution is 5.44. The Morgan fingerprint density at radius 1 is 1.50 bits per heavy atom. The topological polar surface area (TPSA) is 32.3 Å². The second-order valence-electron chi connectivity index (χ2n) is 3.22. The van der Waals surface area contributed by atoms with E-state index in [1.54, 1.807) is 6.07 Å². The van der Waals surface area contributed by atoms with Gasteiger partial charge in [0.15, 0.2) is 0 Å². The summed E-state index contributed by atoms with van der Waals surface area (Å²) in [6.45, 7) is 0. The summed E-state index contributed by atoms with van der Waals surface area (Å²) >= 11 is 0. The van der Waals surface area contributed by atoms with Gasteiger partial charge >= 0.3 is 0 Å². The molecule has 12 heavy (non-hydrogen) atoms. The number of benzene rings is 1. The third-order valence-corrected chi connectivity index (χ3v) is 2.59. The van der Waals surface area contributed by atoms with Crippen molar-refractivity contribution in [3.05, 3.63) is 29.3 Å². The summed E-state index contributed by atoms with van der Waals surface area (Å²) in [7, 11) is 1.96. The van der Waals surface area contributed by atoms with E-state index in [2.05, 4.69) is 11.4 Å². The maximum atomic E-state index is 9.52. The van der Waals surface area contributed by atoms with Gasteiger partial charge in [-0.15, -0.1) is 0 Å². The normalized spacial score (nSPS) is 20.9. The molecular weight excluding hydrogens is 150 g/mol. The van der Waals surface area contributed by atoms with Gasteiger partial charge in [0.25, 0.3) is 0 Å². The van der Waals surface area contributed by atoms with Crippen molar-refractivity contribution in [2.24, 2.45) is 0 Å². The lowest BCUT2D eigenvalue weighted by molar-refractivity contribution is 0.469. The van der Waals surface area contributed by atoms with Crippen molar-refractivity contribution < 1.29 is 5.11 Å². The fourth-order valence-corrected chi connectivity index (χ4v) is 1.93. The first kappa shape index (κ1) is 7.62. The van der Waals surface area contributed by atoms with Gasteiger partial charge in [0.2, 0.25) is 0 Å². The lowest BCUT2D eigenvalue weighted by Gasteiger charge is -2.09. The second kappa shape index (κ2) is 2.79. The van der Waals surface area contributed by atoms with Gasteiger partial charge in [0, 0.05) is 6.04 Å². The van der Waals surface area contributed by atoms with Crippen molar-refractivity contribution >= 4 is 0 Å². The number of fused-ring (bicyclic) bond motifs is 1. The predicted molar refractivity (Wildman–Crippen MR) is 48.2 cm³/mol. The highest BCUT2D eigenvalue weighted by Crippen LogP contribution is 2.35. The Balaban J connectivity index is 2.46. The van der Waals surface area contributed by atoms with Gasteiger partial charge in [0.1, 0.15) is 5.75 Å². The van der Waals surface area contributed by atoms with E-state index < -0.39 is 0 Å². The van der Waals surface area contributed by atoms with Crippen LogP contribution in [0.3, 0.4) is 0 Å². The molecule has 0 aliphatic heterocycles. The number of phenols is 1. The molecule has 2 heteroatoms. The van der Waals surface area contributed by atoms with Crippen LogP contribution in [-0.2, 0) is 6.42 Å². The average Bonchev–Trinajstić information content (AvgIpc) is 2.49. The van der Waals surface area contributed by atoms with Gasteiger partial charge in [-0.3, -0.25) is 0 Å². The summed E-state index contributed by atoms with van der Waals surface area (Å²) < 4.78 is 0. The molecule has 1 aliphatic carbocycles. The second-order valence-corrected chi connectivity index (χ2v) is 3.22. The van der Waals surface area contributed by atoms with Crippen LogP contribution in [0.25, 0.3) is 0 Å². The zero-order valence-corrected chi connectivity index (χ0v) is 7.17. The summed E-state index contributed by atoms with van der Waals surface area (Å²) in [4.78, 5) is 0. The third kappa shape index (κ3) is 0.994. The molecule has 1 aromatic carbocycles. The quantitative estimate of drug-likeness (QED) is 0.659. The molecule has 0 fully saturated rings. The molecule has 0 amide bonds. The Morgan fingerprint density at radius 2 is 2.33 bits per heavy atom. The first-order valence-corrected chi connectivity index (χ1v) is 4.31. The third-order valence-electron chi connectivity index (χ3n) is 2.59. The molecule has 0 aromatic heterocycles. The van der Waals surface area contributed by atoms with E-state index in [4.69, 9.17) is 0 Å². The highest BCUT2D eigenvalue weighted by Gasteiger charge is 2.22. The number of aromatic hydroxyl groups is 1. The zero-order chi connectivity index (χ0) is 8.55. The van der Waals surface area contributed by atoms with Crippen LogP contribution in [0.15, 0.2) is 18.2 Å². The molecule has 0 bridgehead atoms. The largest absolute Gasteiger partial charge is 0.508 e. The van der Waals surface area contributed by atoms with Crippen LogP contribution in [0.1, 0.15) is 23.6 Å². The fourth-order valence-electron chi connectivity index (χ4n) is 1.93. The number of hydrogen-bond donors (Lipinski definition) is 2. The summed E-state index contributed by atoms with van der Waals surface area (Å²) in [5.41, 5.74) is 2.38. The van der Waals surface area contributed by atoms with E-state index in [0.717, 1.165) is 18.4 Å². The van der Waals surface area contributed by atoms with E-state index >= 15 is 0 Å². The van der Waals surface area contributed by atoms with Crippen LogP contribution in [-0.4, -0.2) is 12.2 Å². The minimum absolute atomic E-state index is 0.437. The number of rotatable bonds is 1. The molecule has 1 unspecified atom stereocenters. The molecule has 0 saturated heterocycles. The SMILES string of the molecule is CNC1CCc2c(O)cccc21. The van der Waals surface area contributed by atoms with Crippen molar-refractivity contribution in [3.63, 3.8) is 0 Å². The van der Waals surface area contributed by atoms with E-state index in [1.165, 1.54) is 5.56 Å². The lowest BCUT2D eigenvalue weighted by atomic mass is 10.1. The Labute approximate surface area is 72.2 Å². The molecule has 2 N–H and O–H groups in total. The van der Waals surface area contributed by atoms with Crippen molar-refractivity contribution in [3.8, 4) is 5.75 Å². The molecule has 1 aliphatic rings. The van der Waals surface area contributed by atoms with Crippen LogP contribution < -0.4 is 5.32 Å². The molecule has 0 radical (unpaired) electrons. The van der Waals surface area contributed by atoms with Gasteiger partial charge < -0.3 is 10.4 Å². The van der Waals surface area contributed by atoms with Crippen molar-refractivity contribution in [2.45, 2.75) is 18.9 Å².